The minimum absolute atomic E-state index is 0.0218. The van der Waals surface area contributed by atoms with Gasteiger partial charge in [0, 0.05) is 51.9 Å². The van der Waals surface area contributed by atoms with E-state index in [0.29, 0.717) is 38.2 Å². The zero-order valence-corrected chi connectivity index (χ0v) is 16.1. The van der Waals surface area contributed by atoms with Gasteiger partial charge >= 0.3 is 0 Å². The summed E-state index contributed by atoms with van der Waals surface area (Å²) in [5, 5.41) is 14.1. The lowest BCUT2D eigenvalue weighted by molar-refractivity contribution is -0.120. The summed E-state index contributed by atoms with van der Waals surface area (Å²) in [5.41, 5.74) is -0.303. The first kappa shape index (κ1) is 19.8. The molecular formula is C20H30N4O3. The molecule has 0 aromatic carbocycles. The molecule has 7 nitrogen and oxygen atoms in total. The maximum atomic E-state index is 12.6. The molecule has 7 heteroatoms. The van der Waals surface area contributed by atoms with Gasteiger partial charge in [0.05, 0.1) is 5.60 Å². The maximum Gasteiger partial charge on any atom is 0.272 e. The Morgan fingerprint density at radius 2 is 2.00 bits per heavy atom. The predicted octanol–water partition coefficient (Wildman–Crippen LogP) is 1.04. The largest absolute Gasteiger partial charge is 0.388 e. The lowest BCUT2D eigenvalue weighted by atomic mass is 9.93. The number of hydrogen-bond donors (Lipinski definition) is 2. The van der Waals surface area contributed by atoms with Crippen LogP contribution in [0.25, 0.3) is 0 Å². The molecule has 1 aromatic rings. The second-order valence-electron chi connectivity index (χ2n) is 7.84. The second kappa shape index (κ2) is 8.80. The number of β-amino-alcohol motifs (C(OH)–C–C–N with tert-alkyl or cyclic N) is 1. The number of likely N-dealkylation sites (tertiary alicyclic amines) is 2. The number of amides is 2. The molecule has 1 atom stereocenters. The first-order chi connectivity index (χ1) is 13.0. The van der Waals surface area contributed by atoms with Gasteiger partial charge in [-0.05, 0) is 44.2 Å². The van der Waals surface area contributed by atoms with Crippen LogP contribution in [0.5, 0.6) is 0 Å². The lowest BCUT2D eigenvalue weighted by Crippen LogP contribution is -2.50. The SMILES string of the molecule is CC(=O)NC1CCN(C[C@@]2(O)CCCN(C(=O)c3ccccn3)CC2)CC1. The van der Waals surface area contributed by atoms with Crippen LogP contribution in [0.4, 0.5) is 0 Å². The van der Waals surface area contributed by atoms with E-state index in [1.807, 2.05) is 11.0 Å². The van der Waals surface area contributed by atoms with Crippen molar-refractivity contribution in [2.75, 3.05) is 32.7 Å². The van der Waals surface area contributed by atoms with Gasteiger partial charge in [-0.3, -0.25) is 14.6 Å². The van der Waals surface area contributed by atoms with Crippen LogP contribution in [0.3, 0.4) is 0 Å². The first-order valence-corrected chi connectivity index (χ1v) is 9.87. The van der Waals surface area contributed by atoms with E-state index < -0.39 is 5.60 Å². The Labute approximate surface area is 160 Å². The van der Waals surface area contributed by atoms with Gasteiger partial charge in [0.2, 0.25) is 5.91 Å². The smallest absolute Gasteiger partial charge is 0.272 e. The van der Waals surface area contributed by atoms with Crippen molar-refractivity contribution in [2.45, 2.75) is 50.7 Å². The summed E-state index contributed by atoms with van der Waals surface area (Å²) < 4.78 is 0. The number of piperidine rings is 1. The Hall–Kier alpha value is -1.99. The van der Waals surface area contributed by atoms with Gasteiger partial charge in [0.25, 0.3) is 5.91 Å². The molecule has 0 radical (unpaired) electrons. The third-order valence-corrected chi connectivity index (χ3v) is 5.60. The minimum atomic E-state index is -0.764. The van der Waals surface area contributed by atoms with E-state index in [-0.39, 0.29) is 17.9 Å². The Kier molecular flexibility index (Phi) is 6.44. The Morgan fingerprint density at radius 3 is 2.67 bits per heavy atom. The molecule has 0 spiro atoms. The van der Waals surface area contributed by atoms with Crippen molar-refractivity contribution < 1.29 is 14.7 Å². The molecule has 2 saturated heterocycles. The number of pyridine rings is 1. The van der Waals surface area contributed by atoms with Gasteiger partial charge in [-0.25, -0.2) is 0 Å². The Balaban J connectivity index is 1.51. The molecular weight excluding hydrogens is 344 g/mol. The highest BCUT2D eigenvalue weighted by Gasteiger charge is 2.34. The van der Waals surface area contributed by atoms with Crippen LogP contribution in [0.2, 0.25) is 0 Å². The molecule has 2 aliphatic heterocycles. The fourth-order valence-electron chi connectivity index (χ4n) is 4.13. The summed E-state index contributed by atoms with van der Waals surface area (Å²) in [6.07, 6.45) is 5.53. The average molecular weight is 374 g/mol. The fourth-order valence-corrected chi connectivity index (χ4v) is 4.13. The normalized spacial score (nSPS) is 25.0. The molecule has 148 valence electrons. The van der Waals surface area contributed by atoms with Crippen LogP contribution in [0.1, 0.15) is 49.5 Å². The molecule has 0 unspecified atom stereocenters. The Morgan fingerprint density at radius 1 is 1.22 bits per heavy atom. The van der Waals surface area contributed by atoms with Gasteiger partial charge in [0.1, 0.15) is 5.69 Å². The van der Waals surface area contributed by atoms with E-state index in [4.69, 9.17) is 0 Å². The molecule has 3 heterocycles. The van der Waals surface area contributed by atoms with Crippen molar-refractivity contribution in [1.82, 2.24) is 20.1 Å². The fraction of sp³-hybridized carbons (Fsp3) is 0.650. The minimum Gasteiger partial charge on any atom is -0.388 e. The highest BCUT2D eigenvalue weighted by atomic mass is 16.3. The zero-order chi connectivity index (χ0) is 19.3. The van der Waals surface area contributed by atoms with Crippen molar-refractivity contribution in [3.63, 3.8) is 0 Å². The van der Waals surface area contributed by atoms with Gasteiger partial charge in [0.15, 0.2) is 0 Å². The van der Waals surface area contributed by atoms with E-state index in [0.717, 1.165) is 32.4 Å². The van der Waals surface area contributed by atoms with Crippen LogP contribution >= 0.6 is 0 Å². The maximum absolute atomic E-state index is 12.6. The van der Waals surface area contributed by atoms with E-state index in [2.05, 4.69) is 15.2 Å². The average Bonchev–Trinajstić information content (AvgIpc) is 2.85. The Bertz CT molecular complexity index is 646. The van der Waals surface area contributed by atoms with E-state index in [1.54, 1.807) is 25.3 Å². The summed E-state index contributed by atoms with van der Waals surface area (Å²) >= 11 is 0. The lowest BCUT2D eigenvalue weighted by Gasteiger charge is -2.38. The van der Waals surface area contributed by atoms with Crippen molar-refractivity contribution in [2.24, 2.45) is 0 Å². The summed E-state index contributed by atoms with van der Waals surface area (Å²) in [6, 6.07) is 5.60. The van der Waals surface area contributed by atoms with Crippen LogP contribution in [0, 0.1) is 0 Å². The number of nitrogens with zero attached hydrogens (tertiary/aromatic N) is 3. The van der Waals surface area contributed by atoms with Crippen molar-refractivity contribution in [3.8, 4) is 0 Å². The molecule has 2 fully saturated rings. The quantitative estimate of drug-likeness (QED) is 0.822. The van der Waals surface area contributed by atoms with E-state index in [1.165, 1.54) is 0 Å². The van der Waals surface area contributed by atoms with E-state index in [9.17, 15) is 14.7 Å². The molecule has 27 heavy (non-hydrogen) atoms. The number of carbonyl (C=O) groups is 2. The van der Waals surface area contributed by atoms with E-state index >= 15 is 0 Å². The van der Waals surface area contributed by atoms with Gasteiger partial charge in [-0.1, -0.05) is 6.07 Å². The van der Waals surface area contributed by atoms with Crippen LogP contribution in [0.15, 0.2) is 24.4 Å². The monoisotopic (exact) mass is 374 g/mol. The molecule has 0 bridgehead atoms. The molecule has 0 saturated carbocycles. The summed E-state index contributed by atoms with van der Waals surface area (Å²) in [5.74, 6) is -0.0375. The summed E-state index contributed by atoms with van der Waals surface area (Å²) in [6.45, 7) is 5.15. The van der Waals surface area contributed by atoms with Crippen molar-refractivity contribution >= 4 is 11.8 Å². The third kappa shape index (κ3) is 5.49. The molecule has 2 aliphatic rings. The molecule has 1 aromatic heterocycles. The second-order valence-corrected chi connectivity index (χ2v) is 7.84. The standard InChI is InChI=1S/C20H30N4O3/c1-16(25)22-17-6-12-23(13-7-17)15-20(27)8-4-11-24(14-9-20)19(26)18-5-2-3-10-21-18/h2-3,5,10,17,27H,4,6-9,11-15H2,1H3,(H,22,25)/t20-/m1/s1. The van der Waals surface area contributed by atoms with Crippen LogP contribution in [-0.4, -0.2) is 76.1 Å². The highest BCUT2D eigenvalue weighted by molar-refractivity contribution is 5.92. The topological polar surface area (TPSA) is 85.8 Å². The zero-order valence-electron chi connectivity index (χ0n) is 16.1. The number of nitrogens with one attached hydrogen (secondary N) is 1. The summed E-state index contributed by atoms with van der Waals surface area (Å²) in [4.78, 5) is 32.0. The number of aliphatic hydroxyl groups is 1. The predicted molar refractivity (Wildman–Crippen MR) is 102 cm³/mol. The number of rotatable bonds is 4. The van der Waals surface area contributed by atoms with Crippen LogP contribution < -0.4 is 5.32 Å². The number of carbonyl (C=O) groups excluding carboxylic acids is 2. The molecule has 0 aliphatic carbocycles. The van der Waals surface area contributed by atoms with Gasteiger partial charge in [-0.2, -0.15) is 0 Å². The van der Waals surface area contributed by atoms with Gasteiger partial charge in [-0.15, -0.1) is 0 Å². The molecule has 2 N–H and O–H groups in total. The van der Waals surface area contributed by atoms with Crippen molar-refractivity contribution in [3.05, 3.63) is 30.1 Å². The summed E-state index contributed by atoms with van der Waals surface area (Å²) in [7, 11) is 0. The third-order valence-electron chi connectivity index (χ3n) is 5.60. The van der Waals surface area contributed by atoms with Crippen molar-refractivity contribution in [1.29, 1.82) is 0 Å². The molecule has 2 amide bonds. The first-order valence-electron chi connectivity index (χ1n) is 9.87. The van der Waals surface area contributed by atoms with Crippen LogP contribution in [-0.2, 0) is 4.79 Å². The number of hydrogen-bond acceptors (Lipinski definition) is 5. The number of aromatic nitrogens is 1. The highest BCUT2D eigenvalue weighted by Crippen LogP contribution is 2.25. The van der Waals surface area contributed by atoms with Gasteiger partial charge < -0.3 is 20.2 Å². The molecule has 3 rings (SSSR count).